The van der Waals surface area contributed by atoms with Gasteiger partial charge in [-0.25, -0.2) is 4.98 Å². The van der Waals surface area contributed by atoms with Crippen molar-refractivity contribution in [3.05, 3.63) is 76.0 Å². The van der Waals surface area contributed by atoms with Gasteiger partial charge in [-0.1, -0.05) is 12.1 Å². The third-order valence-corrected chi connectivity index (χ3v) is 5.59. The number of pyridine rings is 1. The van der Waals surface area contributed by atoms with Gasteiger partial charge < -0.3 is 15.2 Å². The Kier molecular flexibility index (Phi) is 6.39. The second-order valence-electron chi connectivity index (χ2n) is 7.81. The van der Waals surface area contributed by atoms with Gasteiger partial charge in [0.15, 0.2) is 0 Å². The zero-order valence-electron chi connectivity index (χ0n) is 17.9. The molecule has 3 aromatic rings. The first kappa shape index (κ1) is 21.4. The van der Waals surface area contributed by atoms with E-state index >= 15 is 0 Å². The Hall–Kier alpha value is -3.81. The lowest BCUT2D eigenvalue weighted by Crippen LogP contribution is -2.25. The standard InChI is InChI=1S/C24H25N5O3/c1-16-20(24(32)28-23(27-16)18-10-12-25-13-11-18)8-9-21(30)26-15-17-4-6-19(7-5-17)29-14-2-3-22(29)31/h4-7,10-13H,2-3,8-9,14-15H2,1H3,(H,26,30)(H,27,28,32). The number of benzene rings is 1. The van der Waals surface area contributed by atoms with Crippen LogP contribution in [0.2, 0.25) is 0 Å². The van der Waals surface area contributed by atoms with Crippen molar-refractivity contribution in [3.63, 3.8) is 0 Å². The number of carbonyl (C=O) groups is 2. The monoisotopic (exact) mass is 431 g/mol. The summed E-state index contributed by atoms with van der Waals surface area (Å²) in [6.45, 7) is 2.92. The molecule has 0 radical (unpaired) electrons. The summed E-state index contributed by atoms with van der Waals surface area (Å²) in [5.74, 6) is 0.502. The van der Waals surface area contributed by atoms with E-state index in [-0.39, 0.29) is 23.8 Å². The number of nitrogens with zero attached hydrogens (tertiary/aromatic N) is 3. The van der Waals surface area contributed by atoms with E-state index in [0.29, 0.717) is 36.5 Å². The van der Waals surface area contributed by atoms with Crippen LogP contribution in [0, 0.1) is 6.92 Å². The number of H-pyrrole nitrogens is 1. The molecule has 1 fully saturated rings. The van der Waals surface area contributed by atoms with Gasteiger partial charge in [0.05, 0.1) is 0 Å². The van der Waals surface area contributed by atoms with E-state index in [2.05, 4.69) is 20.3 Å². The van der Waals surface area contributed by atoms with Gasteiger partial charge in [0.2, 0.25) is 11.8 Å². The van der Waals surface area contributed by atoms with Crippen molar-refractivity contribution in [1.82, 2.24) is 20.3 Å². The zero-order valence-corrected chi connectivity index (χ0v) is 17.9. The van der Waals surface area contributed by atoms with Crippen LogP contribution in [0.1, 0.15) is 36.1 Å². The number of aromatic amines is 1. The number of aromatic nitrogens is 3. The highest BCUT2D eigenvalue weighted by Crippen LogP contribution is 2.21. The van der Waals surface area contributed by atoms with E-state index in [0.717, 1.165) is 29.8 Å². The Labute approximate surface area is 185 Å². The molecule has 2 aromatic heterocycles. The Balaban J connectivity index is 1.31. The van der Waals surface area contributed by atoms with Crippen molar-refractivity contribution in [2.75, 3.05) is 11.4 Å². The smallest absolute Gasteiger partial charge is 0.254 e. The summed E-state index contributed by atoms with van der Waals surface area (Å²) in [4.78, 5) is 49.7. The average molecular weight is 431 g/mol. The van der Waals surface area contributed by atoms with Crippen molar-refractivity contribution in [2.24, 2.45) is 0 Å². The summed E-state index contributed by atoms with van der Waals surface area (Å²) < 4.78 is 0. The van der Waals surface area contributed by atoms with Gasteiger partial charge in [0, 0.05) is 60.8 Å². The maximum Gasteiger partial charge on any atom is 0.254 e. The summed E-state index contributed by atoms with van der Waals surface area (Å²) >= 11 is 0. The molecule has 4 rings (SSSR count). The normalized spacial score (nSPS) is 13.4. The molecule has 0 unspecified atom stereocenters. The molecule has 0 bridgehead atoms. The van der Waals surface area contributed by atoms with Crippen molar-refractivity contribution >= 4 is 17.5 Å². The number of rotatable bonds is 7. The molecule has 0 spiro atoms. The Morgan fingerprint density at radius 3 is 2.53 bits per heavy atom. The number of aryl methyl sites for hydroxylation is 1. The third kappa shape index (κ3) is 4.91. The number of anilines is 1. The fraction of sp³-hybridized carbons (Fsp3) is 0.292. The topological polar surface area (TPSA) is 108 Å². The van der Waals surface area contributed by atoms with Gasteiger partial charge in [-0.15, -0.1) is 0 Å². The Bertz CT molecular complexity index is 1170. The highest BCUT2D eigenvalue weighted by Gasteiger charge is 2.21. The molecular weight excluding hydrogens is 406 g/mol. The predicted octanol–water partition coefficient (Wildman–Crippen LogP) is 2.52. The molecule has 1 aliphatic rings. The number of nitrogens with one attached hydrogen (secondary N) is 2. The van der Waals surface area contributed by atoms with Crippen LogP contribution in [0.5, 0.6) is 0 Å². The molecule has 0 saturated carbocycles. The van der Waals surface area contributed by atoms with E-state index < -0.39 is 0 Å². The maximum absolute atomic E-state index is 12.5. The molecule has 1 aromatic carbocycles. The van der Waals surface area contributed by atoms with Gasteiger partial charge in [-0.05, 0) is 49.6 Å². The van der Waals surface area contributed by atoms with Crippen LogP contribution in [0.25, 0.3) is 11.4 Å². The maximum atomic E-state index is 12.5. The predicted molar refractivity (Wildman–Crippen MR) is 121 cm³/mol. The lowest BCUT2D eigenvalue weighted by atomic mass is 10.1. The van der Waals surface area contributed by atoms with Crippen LogP contribution in [0.15, 0.2) is 53.6 Å². The minimum Gasteiger partial charge on any atom is -0.352 e. The van der Waals surface area contributed by atoms with Crippen molar-refractivity contribution < 1.29 is 9.59 Å². The van der Waals surface area contributed by atoms with E-state index in [1.807, 2.05) is 24.3 Å². The van der Waals surface area contributed by atoms with Gasteiger partial charge in [-0.2, -0.15) is 0 Å². The minimum atomic E-state index is -0.232. The van der Waals surface area contributed by atoms with Gasteiger partial charge in [-0.3, -0.25) is 19.4 Å². The molecular formula is C24H25N5O3. The number of amides is 2. The fourth-order valence-electron chi connectivity index (χ4n) is 3.79. The van der Waals surface area contributed by atoms with Gasteiger partial charge in [0.1, 0.15) is 5.82 Å². The number of hydrogen-bond acceptors (Lipinski definition) is 5. The van der Waals surface area contributed by atoms with Gasteiger partial charge in [0.25, 0.3) is 5.56 Å². The van der Waals surface area contributed by atoms with Crippen molar-refractivity contribution in [1.29, 1.82) is 0 Å². The molecule has 2 N–H and O–H groups in total. The second kappa shape index (κ2) is 9.55. The first-order chi connectivity index (χ1) is 15.5. The van der Waals surface area contributed by atoms with E-state index in [1.165, 1.54) is 0 Å². The zero-order chi connectivity index (χ0) is 22.5. The molecule has 0 atom stereocenters. The summed E-state index contributed by atoms with van der Waals surface area (Å²) in [7, 11) is 0. The summed E-state index contributed by atoms with van der Waals surface area (Å²) in [5.41, 5.74) is 3.51. The Morgan fingerprint density at radius 2 is 1.88 bits per heavy atom. The first-order valence-corrected chi connectivity index (χ1v) is 10.7. The minimum absolute atomic E-state index is 0.138. The van der Waals surface area contributed by atoms with E-state index in [4.69, 9.17) is 0 Å². The van der Waals surface area contributed by atoms with Crippen LogP contribution in [-0.2, 0) is 22.6 Å². The highest BCUT2D eigenvalue weighted by molar-refractivity contribution is 5.95. The van der Waals surface area contributed by atoms with Crippen LogP contribution in [0.3, 0.4) is 0 Å². The third-order valence-electron chi connectivity index (χ3n) is 5.59. The first-order valence-electron chi connectivity index (χ1n) is 10.7. The number of carbonyl (C=O) groups excluding carboxylic acids is 2. The molecule has 2 amide bonds. The van der Waals surface area contributed by atoms with Crippen molar-refractivity contribution in [3.8, 4) is 11.4 Å². The molecule has 164 valence electrons. The van der Waals surface area contributed by atoms with Crippen LogP contribution >= 0.6 is 0 Å². The molecule has 1 aliphatic heterocycles. The van der Waals surface area contributed by atoms with Crippen LogP contribution in [-0.4, -0.2) is 33.3 Å². The molecule has 32 heavy (non-hydrogen) atoms. The van der Waals surface area contributed by atoms with E-state index in [1.54, 1.807) is 36.4 Å². The lowest BCUT2D eigenvalue weighted by Gasteiger charge is -2.16. The molecule has 8 nitrogen and oxygen atoms in total. The summed E-state index contributed by atoms with van der Waals surface area (Å²) in [6.07, 6.45) is 5.28. The largest absolute Gasteiger partial charge is 0.352 e. The fourth-order valence-corrected chi connectivity index (χ4v) is 3.79. The van der Waals surface area contributed by atoms with Gasteiger partial charge >= 0.3 is 0 Å². The van der Waals surface area contributed by atoms with Crippen molar-refractivity contribution in [2.45, 2.75) is 39.2 Å². The molecule has 1 saturated heterocycles. The van der Waals surface area contributed by atoms with Crippen LogP contribution < -0.4 is 15.8 Å². The second-order valence-corrected chi connectivity index (χ2v) is 7.81. The molecule has 3 heterocycles. The highest BCUT2D eigenvalue weighted by atomic mass is 16.2. The quantitative estimate of drug-likeness (QED) is 0.598. The van der Waals surface area contributed by atoms with E-state index in [9.17, 15) is 14.4 Å². The summed E-state index contributed by atoms with van der Waals surface area (Å²) in [6, 6.07) is 11.2. The molecule has 0 aliphatic carbocycles. The summed E-state index contributed by atoms with van der Waals surface area (Å²) in [5, 5.41) is 2.88. The van der Waals surface area contributed by atoms with Crippen LogP contribution in [0.4, 0.5) is 5.69 Å². The lowest BCUT2D eigenvalue weighted by molar-refractivity contribution is -0.121. The number of hydrogen-bond donors (Lipinski definition) is 2. The SMILES string of the molecule is Cc1nc(-c2ccncc2)[nH]c(=O)c1CCC(=O)NCc1ccc(N2CCCC2=O)cc1. The Morgan fingerprint density at radius 1 is 1.12 bits per heavy atom. The molecule has 8 heteroatoms. The average Bonchev–Trinajstić information content (AvgIpc) is 3.23.